The Balaban J connectivity index is 1.23. The van der Waals surface area contributed by atoms with Crippen LogP contribution in [0.5, 0.6) is 5.75 Å². The largest absolute Gasteiger partial charge is 0.481 e. The van der Waals surface area contributed by atoms with E-state index in [1.165, 1.54) is 31.4 Å². The molecule has 0 unspecified atom stereocenters. The molecule has 0 atom stereocenters. The van der Waals surface area contributed by atoms with Crippen molar-refractivity contribution in [3.63, 3.8) is 0 Å². The lowest BCUT2D eigenvalue weighted by Crippen LogP contribution is -2.50. The quantitative estimate of drug-likeness (QED) is 0.586. The van der Waals surface area contributed by atoms with Crippen LogP contribution in [0.3, 0.4) is 0 Å². The zero-order chi connectivity index (χ0) is 22.5. The smallest absolute Gasteiger partial charge is 0.260 e. The molecule has 1 amide bonds. The number of carbonyl (C=O) groups is 1. The van der Waals surface area contributed by atoms with E-state index in [-0.39, 0.29) is 12.5 Å². The highest BCUT2D eigenvalue weighted by Crippen LogP contribution is 2.27. The molecule has 2 aromatic carbocycles. The number of pyridine rings is 1. The first-order valence-electron chi connectivity index (χ1n) is 12.1. The Hall–Kier alpha value is -3.28. The molecule has 0 bridgehead atoms. The highest BCUT2D eigenvalue weighted by Gasteiger charge is 2.22. The highest BCUT2D eigenvalue weighted by molar-refractivity contribution is 5.86. The second-order valence-electron chi connectivity index (χ2n) is 8.89. The maximum atomic E-state index is 12.9. The first-order valence-corrected chi connectivity index (χ1v) is 12.1. The summed E-state index contributed by atoms with van der Waals surface area (Å²) in [6.07, 6.45) is 5.01. The Morgan fingerprint density at radius 1 is 0.758 bits per heavy atom. The van der Waals surface area contributed by atoms with Gasteiger partial charge in [0.1, 0.15) is 17.1 Å². The third kappa shape index (κ3) is 5.05. The van der Waals surface area contributed by atoms with E-state index in [9.17, 15) is 4.79 Å². The molecule has 2 aliphatic rings. The number of aromatic nitrogens is 1. The lowest BCUT2D eigenvalue weighted by molar-refractivity contribution is -0.133. The van der Waals surface area contributed by atoms with Crippen LogP contribution >= 0.6 is 0 Å². The van der Waals surface area contributed by atoms with Crippen LogP contribution in [0.15, 0.2) is 60.7 Å². The van der Waals surface area contributed by atoms with Crippen molar-refractivity contribution in [3.8, 4) is 5.75 Å². The molecule has 6 nitrogen and oxygen atoms in total. The number of carbonyl (C=O) groups excluding carboxylic acids is 1. The molecule has 0 aliphatic carbocycles. The number of hydrogen-bond acceptors (Lipinski definition) is 5. The van der Waals surface area contributed by atoms with Gasteiger partial charge in [0.15, 0.2) is 6.61 Å². The highest BCUT2D eigenvalue weighted by atomic mass is 16.5. The summed E-state index contributed by atoms with van der Waals surface area (Å²) < 4.78 is 6.03. The van der Waals surface area contributed by atoms with Gasteiger partial charge < -0.3 is 19.4 Å². The Kier molecular flexibility index (Phi) is 6.61. The number of anilines is 2. The van der Waals surface area contributed by atoms with Crippen molar-refractivity contribution >= 4 is 28.3 Å². The van der Waals surface area contributed by atoms with Crippen LogP contribution < -0.4 is 14.5 Å². The Bertz CT molecular complexity index is 1070. The number of fused-ring (bicyclic) bond motifs is 1. The monoisotopic (exact) mass is 444 g/mol. The summed E-state index contributed by atoms with van der Waals surface area (Å²) >= 11 is 0. The van der Waals surface area contributed by atoms with E-state index < -0.39 is 0 Å². The lowest BCUT2D eigenvalue weighted by atomic mass is 10.2. The van der Waals surface area contributed by atoms with Crippen LogP contribution in [-0.4, -0.2) is 61.7 Å². The minimum Gasteiger partial charge on any atom is -0.481 e. The summed E-state index contributed by atoms with van der Waals surface area (Å²) in [7, 11) is 0. The lowest BCUT2D eigenvalue weighted by Gasteiger charge is -2.36. The summed E-state index contributed by atoms with van der Waals surface area (Å²) in [5.41, 5.74) is 2.05. The van der Waals surface area contributed by atoms with Crippen molar-refractivity contribution in [2.24, 2.45) is 0 Å². The van der Waals surface area contributed by atoms with E-state index in [1.54, 1.807) is 0 Å². The summed E-state index contributed by atoms with van der Waals surface area (Å²) in [5.74, 6) is 1.72. The molecule has 6 heteroatoms. The van der Waals surface area contributed by atoms with Crippen molar-refractivity contribution in [1.29, 1.82) is 0 Å². The second-order valence-corrected chi connectivity index (χ2v) is 8.89. The van der Waals surface area contributed by atoms with Crippen LogP contribution in [0.1, 0.15) is 25.7 Å². The van der Waals surface area contributed by atoms with E-state index in [2.05, 4.69) is 46.2 Å². The standard InChI is InChI=1S/C27H32N4O2/c32-26(31-19-17-29(18-20-31)23-10-4-3-5-11-23)21-33-24-12-8-9-22-13-14-25(28-27(22)24)30-15-6-1-2-7-16-30/h3-5,8-14H,1-2,6-7,15-21H2. The topological polar surface area (TPSA) is 48.9 Å². The molecule has 172 valence electrons. The summed E-state index contributed by atoms with van der Waals surface area (Å²) in [6.45, 7) is 5.24. The Morgan fingerprint density at radius 3 is 2.27 bits per heavy atom. The van der Waals surface area contributed by atoms with Crippen molar-refractivity contribution in [2.45, 2.75) is 25.7 Å². The van der Waals surface area contributed by atoms with Crippen LogP contribution in [0.2, 0.25) is 0 Å². The fourth-order valence-corrected chi connectivity index (χ4v) is 4.79. The SMILES string of the molecule is O=C(COc1cccc2ccc(N3CCCCCC3)nc12)N1CCN(c2ccccc2)CC1. The Labute approximate surface area is 195 Å². The zero-order valence-electron chi connectivity index (χ0n) is 19.2. The van der Waals surface area contributed by atoms with Gasteiger partial charge in [-0.05, 0) is 43.2 Å². The molecule has 0 radical (unpaired) electrons. The zero-order valence-corrected chi connectivity index (χ0v) is 19.2. The van der Waals surface area contributed by atoms with Gasteiger partial charge in [-0.15, -0.1) is 0 Å². The number of hydrogen-bond donors (Lipinski definition) is 0. The first-order chi connectivity index (χ1) is 16.3. The van der Waals surface area contributed by atoms with Gasteiger partial charge in [-0.3, -0.25) is 4.79 Å². The molecule has 3 aromatic rings. The third-order valence-corrected chi connectivity index (χ3v) is 6.70. The van der Waals surface area contributed by atoms with Gasteiger partial charge in [0.2, 0.25) is 0 Å². The molecule has 5 rings (SSSR count). The number of benzene rings is 2. The van der Waals surface area contributed by atoms with Gasteiger partial charge in [0.05, 0.1) is 0 Å². The second kappa shape index (κ2) is 10.1. The number of rotatable bonds is 5. The molecule has 2 aliphatic heterocycles. The summed E-state index contributed by atoms with van der Waals surface area (Å²) in [5, 5.41) is 1.04. The molecule has 33 heavy (non-hydrogen) atoms. The first kappa shape index (κ1) is 21.6. The maximum absolute atomic E-state index is 12.9. The van der Waals surface area contributed by atoms with Crippen LogP contribution in [-0.2, 0) is 4.79 Å². The number of ether oxygens (including phenoxy) is 1. The Morgan fingerprint density at radius 2 is 1.52 bits per heavy atom. The predicted octanol–water partition coefficient (Wildman–Crippen LogP) is 4.34. The summed E-state index contributed by atoms with van der Waals surface area (Å²) in [4.78, 5) is 24.4. The number of nitrogens with zero attached hydrogens (tertiary/aromatic N) is 4. The summed E-state index contributed by atoms with van der Waals surface area (Å²) in [6, 6.07) is 20.5. The van der Waals surface area contributed by atoms with Crippen molar-refractivity contribution in [2.75, 3.05) is 55.7 Å². The molecule has 2 fully saturated rings. The van der Waals surface area contributed by atoms with Crippen LogP contribution in [0.4, 0.5) is 11.5 Å². The minimum atomic E-state index is 0.0309. The third-order valence-electron chi connectivity index (χ3n) is 6.70. The van der Waals surface area contributed by atoms with Gasteiger partial charge in [-0.2, -0.15) is 0 Å². The predicted molar refractivity (Wildman–Crippen MR) is 133 cm³/mol. The van der Waals surface area contributed by atoms with E-state index in [1.807, 2.05) is 29.2 Å². The van der Waals surface area contributed by atoms with Crippen molar-refractivity contribution in [3.05, 3.63) is 60.7 Å². The van der Waals surface area contributed by atoms with Gasteiger partial charge in [0, 0.05) is 50.3 Å². The molecule has 0 saturated carbocycles. The van der Waals surface area contributed by atoms with Crippen LogP contribution in [0.25, 0.3) is 10.9 Å². The van der Waals surface area contributed by atoms with E-state index >= 15 is 0 Å². The van der Waals surface area contributed by atoms with E-state index in [0.29, 0.717) is 18.8 Å². The van der Waals surface area contributed by atoms with Crippen molar-refractivity contribution in [1.82, 2.24) is 9.88 Å². The average molecular weight is 445 g/mol. The van der Waals surface area contributed by atoms with Gasteiger partial charge in [0.25, 0.3) is 5.91 Å². The molecular formula is C27H32N4O2. The molecule has 2 saturated heterocycles. The van der Waals surface area contributed by atoms with Crippen molar-refractivity contribution < 1.29 is 9.53 Å². The number of piperazine rings is 1. The van der Waals surface area contributed by atoms with E-state index in [4.69, 9.17) is 9.72 Å². The van der Waals surface area contributed by atoms with Gasteiger partial charge in [-0.25, -0.2) is 4.98 Å². The molecule has 3 heterocycles. The molecule has 0 spiro atoms. The van der Waals surface area contributed by atoms with Gasteiger partial charge >= 0.3 is 0 Å². The van der Waals surface area contributed by atoms with Gasteiger partial charge in [-0.1, -0.05) is 43.2 Å². The molecular weight excluding hydrogens is 412 g/mol. The van der Waals surface area contributed by atoms with Crippen LogP contribution in [0, 0.1) is 0 Å². The normalized spacial score (nSPS) is 17.2. The fourth-order valence-electron chi connectivity index (χ4n) is 4.79. The minimum absolute atomic E-state index is 0.0309. The molecule has 1 aromatic heterocycles. The van der Waals surface area contributed by atoms with E-state index in [0.717, 1.165) is 42.9 Å². The maximum Gasteiger partial charge on any atom is 0.260 e. The number of para-hydroxylation sites is 2. The number of amides is 1. The fraction of sp³-hybridized carbons (Fsp3) is 0.407. The average Bonchev–Trinajstić information content (AvgIpc) is 3.17. The molecule has 0 N–H and O–H groups in total.